The fraction of sp³-hybridized carbons (Fsp3) is 0.333. The van der Waals surface area contributed by atoms with E-state index in [2.05, 4.69) is 12.8 Å². The molecule has 13 heavy (non-hydrogen) atoms. The van der Waals surface area contributed by atoms with Crippen molar-refractivity contribution in [2.24, 2.45) is 5.73 Å². The van der Waals surface area contributed by atoms with E-state index >= 15 is 0 Å². The van der Waals surface area contributed by atoms with Gasteiger partial charge in [0.25, 0.3) is 0 Å². The van der Waals surface area contributed by atoms with Crippen molar-refractivity contribution < 1.29 is 0 Å². The summed E-state index contributed by atoms with van der Waals surface area (Å²) < 4.78 is 0. The fourth-order valence-corrected chi connectivity index (χ4v) is 1.18. The Morgan fingerprint density at radius 3 is 2.46 bits per heavy atom. The molecule has 0 aliphatic carbocycles. The molecule has 0 amide bonds. The summed E-state index contributed by atoms with van der Waals surface area (Å²) in [6.07, 6.45) is 7.20. The van der Waals surface area contributed by atoms with Crippen molar-refractivity contribution in [3.8, 4) is 12.3 Å². The Balaban J connectivity index is 2.65. The van der Waals surface area contributed by atoms with Crippen LogP contribution in [-0.4, -0.2) is 6.04 Å². The normalized spacial score (nSPS) is 12.1. The van der Waals surface area contributed by atoms with Gasteiger partial charge in [0.05, 0.1) is 0 Å². The third-order valence-corrected chi connectivity index (χ3v) is 2.14. The molecule has 2 N–H and O–H groups in total. The van der Waals surface area contributed by atoms with Gasteiger partial charge in [-0.3, -0.25) is 0 Å². The van der Waals surface area contributed by atoms with Crippen molar-refractivity contribution in [2.75, 3.05) is 0 Å². The lowest BCUT2D eigenvalue weighted by molar-refractivity contribution is 0.646. The summed E-state index contributed by atoms with van der Waals surface area (Å²) in [5, 5.41) is 0. The molecule has 1 heteroatoms. The van der Waals surface area contributed by atoms with Crippen molar-refractivity contribution in [2.45, 2.75) is 25.8 Å². The van der Waals surface area contributed by atoms with Gasteiger partial charge in [0.1, 0.15) is 0 Å². The first-order valence-electron chi connectivity index (χ1n) is 4.57. The van der Waals surface area contributed by atoms with E-state index in [0.717, 1.165) is 18.4 Å². The minimum atomic E-state index is 0.261. The van der Waals surface area contributed by atoms with E-state index in [9.17, 15) is 0 Å². The van der Waals surface area contributed by atoms with Gasteiger partial charge < -0.3 is 5.73 Å². The Hall–Kier alpha value is -1.26. The predicted molar refractivity (Wildman–Crippen MR) is 56.3 cm³/mol. The molecule has 0 spiro atoms. The molecule has 1 aromatic rings. The van der Waals surface area contributed by atoms with Gasteiger partial charge in [-0.1, -0.05) is 25.0 Å². The number of hydrogen-bond donors (Lipinski definition) is 1. The first-order chi connectivity index (χ1) is 6.26. The maximum absolute atomic E-state index is 5.84. The zero-order valence-electron chi connectivity index (χ0n) is 7.96. The van der Waals surface area contributed by atoms with Crippen molar-refractivity contribution in [1.29, 1.82) is 0 Å². The second kappa shape index (κ2) is 4.69. The Bertz CT molecular complexity index is 292. The van der Waals surface area contributed by atoms with E-state index in [-0.39, 0.29) is 6.04 Å². The zero-order valence-corrected chi connectivity index (χ0v) is 7.96. The van der Waals surface area contributed by atoms with Gasteiger partial charge in [0.2, 0.25) is 0 Å². The molecule has 1 nitrogen and oxygen atoms in total. The Kier molecular flexibility index (Phi) is 3.54. The molecule has 0 saturated carbocycles. The second-order valence-electron chi connectivity index (χ2n) is 3.21. The van der Waals surface area contributed by atoms with Crippen LogP contribution in [-0.2, 0) is 6.42 Å². The fourth-order valence-electron chi connectivity index (χ4n) is 1.18. The minimum Gasteiger partial charge on any atom is -0.327 e. The Labute approximate surface area is 80.0 Å². The summed E-state index contributed by atoms with van der Waals surface area (Å²) in [7, 11) is 0. The van der Waals surface area contributed by atoms with E-state index in [0.29, 0.717) is 0 Å². The maximum atomic E-state index is 5.84. The van der Waals surface area contributed by atoms with Gasteiger partial charge in [-0.15, -0.1) is 6.42 Å². The van der Waals surface area contributed by atoms with E-state index in [1.807, 2.05) is 24.3 Å². The molecule has 0 radical (unpaired) electrons. The summed E-state index contributed by atoms with van der Waals surface area (Å²) in [5.41, 5.74) is 8.02. The van der Waals surface area contributed by atoms with Crippen LogP contribution in [0.5, 0.6) is 0 Å². The molecule has 68 valence electrons. The Morgan fingerprint density at radius 1 is 1.38 bits per heavy atom. The molecule has 0 aromatic heterocycles. The number of terminal acetylenes is 1. The summed E-state index contributed by atoms with van der Waals surface area (Å²) in [5.74, 6) is 2.59. The highest BCUT2D eigenvalue weighted by molar-refractivity contribution is 5.34. The van der Waals surface area contributed by atoms with E-state index < -0.39 is 0 Å². The van der Waals surface area contributed by atoms with Crippen LogP contribution in [0.15, 0.2) is 24.3 Å². The molecule has 0 saturated heterocycles. The molecule has 0 fully saturated rings. The first kappa shape index (κ1) is 9.83. The predicted octanol–water partition coefficient (Wildman–Crippen LogP) is 1.95. The van der Waals surface area contributed by atoms with Gasteiger partial charge in [0, 0.05) is 11.6 Å². The van der Waals surface area contributed by atoms with Crippen LogP contribution in [0, 0.1) is 12.3 Å². The van der Waals surface area contributed by atoms with E-state index in [4.69, 9.17) is 12.2 Å². The van der Waals surface area contributed by atoms with Gasteiger partial charge in [-0.2, -0.15) is 0 Å². The maximum Gasteiger partial charge on any atom is 0.0242 e. The van der Waals surface area contributed by atoms with Gasteiger partial charge >= 0.3 is 0 Å². The molecular formula is C12H15N. The lowest BCUT2D eigenvalue weighted by Crippen LogP contribution is -2.21. The molecule has 0 aliphatic heterocycles. The highest BCUT2D eigenvalue weighted by Gasteiger charge is 2.00. The third-order valence-electron chi connectivity index (χ3n) is 2.14. The molecule has 0 heterocycles. The molecule has 0 bridgehead atoms. The smallest absolute Gasteiger partial charge is 0.0242 e. The topological polar surface area (TPSA) is 26.0 Å². The SMILES string of the molecule is C#Cc1ccc(CC(N)CC)cc1. The summed E-state index contributed by atoms with van der Waals surface area (Å²) in [6.45, 7) is 2.10. The van der Waals surface area contributed by atoms with Crippen molar-refractivity contribution in [1.82, 2.24) is 0 Å². The van der Waals surface area contributed by atoms with Crippen molar-refractivity contribution in [3.63, 3.8) is 0 Å². The largest absolute Gasteiger partial charge is 0.327 e. The van der Waals surface area contributed by atoms with Crippen LogP contribution in [0.25, 0.3) is 0 Å². The lowest BCUT2D eigenvalue weighted by atomic mass is 10.0. The molecule has 1 rings (SSSR count). The molecule has 0 aliphatic rings. The van der Waals surface area contributed by atoms with Gasteiger partial charge in [-0.25, -0.2) is 0 Å². The summed E-state index contributed by atoms with van der Waals surface area (Å²) in [4.78, 5) is 0. The van der Waals surface area contributed by atoms with Crippen molar-refractivity contribution >= 4 is 0 Å². The quantitative estimate of drug-likeness (QED) is 0.695. The van der Waals surface area contributed by atoms with Crippen molar-refractivity contribution in [3.05, 3.63) is 35.4 Å². The molecule has 1 aromatic carbocycles. The van der Waals surface area contributed by atoms with E-state index in [1.54, 1.807) is 0 Å². The average Bonchev–Trinajstić information content (AvgIpc) is 2.19. The summed E-state index contributed by atoms with van der Waals surface area (Å²) >= 11 is 0. The molecule has 1 atom stereocenters. The van der Waals surface area contributed by atoms with Gasteiger partial charge in [0.15, 0.2) is 0 Å². The molecular weight excluding hydrogens is 158 g/mol. The number of nitrogens with two attached hydrogens (primary N) is 1. The number of benzene rings is 1. The lowest BCUT2D eigenvalue weighted by Gasteiger charge is -2.07. The average molecular weight is 173 g/mol. The zero-order chi connectivity index (χ0) is 9.68. The monoisotopic (exact) mass is 173 g/mol. The highest BCUT2D eigenvalue weighted by Crippen LogP contribution is 2.06. The van der Waals surface area contributed by atoms with Crippen LogP contribution in [0.4, 0.5) is 0 Å². The second-order valence-corrected chi connectivity index (χ2v) is 3.21. The van der Waals surface area contributed by atoms with E-state index in [1.165, 1.54) is 5.56 Å². The van der Waals surface area contributed by atoms with Crippen LogP contribution < -0.4 is 5.73 Å². The summed E-state index contributed by atoms with van der Waals surface area (Å²) in [6, 6.07) is 8.27. The third kappa shape index (κ3) is 2.93. The number of rotatable bonds is 3. The van der Waals surface area contributed by atoms with Gasteiger partial charge in [-0.05, 0) is 30.5 Å². The first-order valence-corrected chi connectivity index (χ1v) is 4.57. The van der Waals surface area contributed by atoms with Crippen LogP contribution in [0.1, 0.15) is 24.5 Å². The van der Waals surface area contributed by atoms with Crippen LogP contribution in [0.3, 0.4) is 0 Å². The number of hydrogen-bond acceptors (Lipinski definition) is 1. The standard InChI is InChI=1S/C12H15N/c1-3-10-5-7-11(8-6-10)9-12(13)4-2/h1,5-8,12H,4,9,13H2,2H3. The Morgan fingerprint density at radius 2 is 2.00 bits per heavy atom. The highest BCUT2D eigenvalue weighted by atomic mass is 14.6. The van der Waals surface area contributed by atoms with Crippen LogP contribution >= 0.6 is 0 Å². The molecule has 1 unspecified atom stereocenters. The minimum absolute atomic E-state index is 0.261. The van der Waals surface area contributed by atoms with Crippen LogP contribution in [0.2, 0.25) is 0 Å².